The first-order valence-electron chi connectivity index (χ1n) is 9.69. The molecule has 1 aliphatic carbocycles. The van der Waals surface area contributed by atoms with Gasteiger partial charge in [-0.3, -0.25) is 9.69 Å². The summed E-state index contributed by atoms with van der Waals surface area (Å²) in [6.45, 7) is 4.20. The standard InChI is InChI=1S/C24H21Br2N3O/c1-24(2)11-19-22(20(30)12-24)21(14-3-5-15(25)6-4-14)18(13-27)23(28)29(19)17-9-7-16(26)8-10-17/h3-10,21H,11-12,28H2,1-2H3/t21-/m0/s1. The molecule has 0 amide bonds. The van der Waals surface area contributed by atoms with E-state index in [-0.39, 0.29) is 11.2 Å². The van der Waals surface area contributed by atoms with Crippen molar-refractivity contribution in [3.63, 3.8) is 0 Å². The zero-order valence-corrected chi connectivity index (χ0v) is 19.9. The first kappa shape index (κ1) is 20.9. The molecule has 2 aromatic rings. The van der Waals surface area contributed by atoms with Crippen molar-refractivity contribution in [1.29, 1.82) is 5.26 Å². The largest absolute Gasteiger partial charge is 0.384 e. The fourth-order valence-electron chi connectivity index (χ4n) is 4.38. The normalized spacial score (nSPS) is 20.8. The van der Waals surface area contributed by atoms with Crippen LogP contribution in [0, 0.1) is 16.7 Å². The number of rotatable bonds is 2. The monoisotopic (exact) mass is 525 g/mol. The number of halogens is 2. The molecule has 30 heavy (non-hydrogen) atoms. The number of ketones is 1. The molecule has 2 aliphatic rings. The SMILES string of the molecule is CC1(C)CC(=O)C2=C(C1)N(c1ccc(Br)cc1)C(N)=C(C#N)[C@@H]2c1ccc(Br)cc1. The minimum absolute atomic E-state index is 0.0801. The molecule has 0 fully saturated rings. The maximum Gasteiger partial charge on any atom is 0.162 e. The maximum absolute atomic E-state index is 13.4. The van der Waals surface area contributed by atoms with Gasteiger partial charge in [0, 0.05) is 32.3 Å². The Balaban J connectivity index is 1.98. The van der Waals surface area contributed by atoms with Crippen LogP contribution in [0.15, 0.2) is 80.1 Å². The number of nitriles is 1. The smallest absolute Gasteiger partial charge is 0.162 e. The molecule has 0 unspecified atom stereocenters. The molecule has 1 aliphatic heterocycles. The van der Waals surface area contributed by atoms with Gasteiger partial charge in [-0.2, -0.15) is 5.26 Å². The van der Waals surface area contributed by atoms with Crippen LogP contribution in [0.5, 0.6) is 0 Å². The van der Waals surface area contributed by atoms with E-state index in [4.69, 9.17) is 5.73 Å². The van der Waals surface area contributed by atoms with Crippen molar-refractivity contribution in [2.24, 2.45) is 11.1 Å². The molecule has 0 saturated heterocycles. The lowest BCUT2D eigenvalue weighted by molar-refractivity contribution is -0.118. The number of nitrogens with two attached hydrogens (primary N) is 1. The molecule has 1 heterocycles. The Morgan fingerprint density at radius 2 is 1.60 bits per heavy atom. The minimum Gasteiger partial charge on any atom is -0.384 e. The van der Waals surface area contributed by atoms with Crippen molar-refractivity contribution in [1.82, 2.24) is 0 Å². The second-order valence-corrected chi connectivity index (χ2v) is 10.3. The quantitative estimate of drug-likeness (QED) is 0.509. The summed E-state index contributed by atoms with van der Waals surface area (Å²) < 4.78 is 1.90. The number of hydrogen-bond acceptors (Lipinski definition) is 4. The van der Waals surface area contributed by atoms with E-state index in [1.54, 1.807) is 0 Å². The molecule has 152 valence electrons. The zero-order valence-electron chi connectivity index (χ0n) is 16.7. The van der Waals surface area contributed by atoms with E-state index in [2.05, 4.69) is 51.8 Å². The highest BCUT2D eigenvalue weighted by molar-refractivity contribution is 9.10. The van der Waals surface area contributed by atoms with Crippen LogP contribution < -0.4 is 10.6 Å². The van der Waals surface area contributed by atoms with Crippen LogP contribution in [0.25, 0.3) is 0 Å². The minimum atomic E-state index is -0.451. The third-order valence-electron chi connectivity index (χ3n) is 5.67. The van der Waals surface area contributed by atoms with E-state index in [1.165, 1.54) is 0 Å². The van der Waals surface area contributed by atoms with E-state index in [0.29, 0.717) is 29.8 Å². The number of allylic oxidation sites excluding steroid dienone is 3. The Morgan fingerprint density at radius 1 is 1.03 bits per heavy atom. The van der Waals surface area contributed by atoms with Crippen LogP contribution in [0.4, 0.5) is 5.69 Å². The average Bonchev–Trinajstić information content (AvgIpc) is 2.68. The van der Waals surface area contributed by atoms with Crippen LogP contribution in [-0.2, 0) is 4.79 Å². The highest BCUT2D eigenvalue weighted by Crippen LogP contribution is 2.50. The van der Waals surface area contributed by atoms with Crippen molar-refractivity contribution in [2.75, 3.05) is 4.90 Å². The molecule has 6 heteroatoms. The van der Waals surface area contributed by atoms with Crippen molar-refractivity contribution in [3.05, 3.63) is 85.7 Å². The highest BCUT2D eigenvalue weighted by Gasteiger charge is 2.44. The van der Waals surface area contributed by atoms with Gasteiger partial charge in [0.2, 0.25) is 0 Å². The van der Waals surface area contributed by atoms with Crippen molar-refractivity contribution in [3.8, 4) is 6.07 Å². The Labute approximate surface area is 193 Å². The number of hydrogen-bond donors (Lipinski definition) is 1. The Bertz CT molecular complexity index is 1120. The fraction of sp³-hybridized carbons (Fsp3) is 0.250. The number of carbonyl (C=O) groups excluding carboxylic acids is 1. The number of benzene rings is 2. The van der Waals surface area contributed by atoms with Crippen molar-refractivity contribution < 1.29 is 4.79 Å². The van der Waals surface area contributed by atoms with Gasteiger partial charge in [-0.05, 0) is 53.8 Å². The van der Waals surface area contributed by atoms with Crippen molar-refractivity contribution >= 4 is 43.3 Å². The second-order valence-electron chi connectivity index (χ2n) is 8.51. The van der Waals surface area contributed by atoms with Gasteiger partial charge in [-0.15, -0.1) is 0 Å². The van der Waals surface area contributed by atoms with Gasteiger partial charge in [0.15, 0.2) is 5.78 Å². The molecule has 0 radical (unpaired) electrons. The molecule has 1 atom stereocenters. The van der Waals surface area contributed by atoms with Crippen LogP contribution >= 0.6 is 31.9 Å². The predicted molar refractivity (Wildman–Crippen MR) is 125 cm³/mol. The zero-order chi connectivity index (χ0) is 21.6. The first-order valence-corrected chi connectivity index (χ1v) is 11.3. The van der Waals surface area contributed by atoms with E-state index in [0.717, 1.165) is 25.9 Å². The van der Waals surface area contributed by atoms with Crippen LogP contribution in [0.1, 0.15) is 38.2 Å². The summed E-state index contributed by atoms with van der Waals surface area (Å²) in [4.78, 5) is 15.3. The molecule has 2 aromatic carbocycles. The Hall–Kier alpha value is -2.36. The summed E-state index contributed by atoms with van der Waals surface area (Å²) in [6.07, 6.45) is 1.15. The lowest BCUT2D eigenvalue weighted by Crippen LogP contribution is -2.42. The topological polar surface area (TPSA) is 70.1 Å². The van der Waals surface area contributed by atoms with E-state index < -0.39 is 5.92 Å². The lowest BCUT2D eigenvalue weighted by atomic mass is 9.68. The maximum atomic E-state index is 13.4. The van der Waals surface area contributed by atoms with Gasteiger partial charge in [0.05, 0.1) is 17.6 Å². The molecule has 4 rings (SSSR count). The van der Waals surface area contributed by atoms with Gasteiger partial charge in [0.1, 0.15) is 5.82 Å². The van der Waals surface area contributed by atoms with E-state index >= 15 is 0 Å². The molecule has 0 bridgehead atoms. The Kier molecular flexibility index (Phi) is 5.37. The Morgan fingerprint density at radius 3 is 2.17 bits per heavy atom. The summed E-state index contributed by atoms with van der Waals surface area (Å²) in [7, 11) is 0. The first-order chi connectivity index (χ1) is 14.2. The van der Waals surface area contributed by atoms with E-state index in [1.807, 2.05) is 53.4 Å². The molecular formula is C24H21Br2N3O. The fourth-order valence-corrected chi connectivity index (χ4v) is 4.91. The molecule has 0 spiro atoms. The molecule has 0 aromatic heterocycles. The number of nitrogens with zero attached hydrogens (tertiary/aromatic N) is 2. The number of carbonyl (C=O) groups is 1. The molecule has 2 N–H and O–H groups in total. The van der Waals surface area contributed by atoms with Gasteiger partial charge in [0.25, 0.3) is 0 Å². The van der Waals surface area contributed by atoms with Gasteiger partial charge in [-0.1, -0.05) is 57.8 Å². The predicted octanol–water partition coefficient (Wildman–Crippen LogP) is 6.15. The summed E-state index contributed by atoms with van der Waals surface area (Å²) >= 11 is 6.93. The third-order valence-corrected chi connectivity index (χ3v) is 6.73. The molecule has 0 saturated carbocycles. The molecule has 4 nitrogen and oxygen atoms in total. The van der Waals surface area contributed by atoms with Crippen LogP contribution in [-0.4, -0.2) is 5.78 Å². The molecular weight excluding hydrogens is 506 g/mol. The van der Waals surface area contributed by atoms with Crippen LogP contribution in [0.3, 0.4) is 0 Å². The van der Waals surface area contributed by atoms with Gasteiger partial charge in [-0.25, -0.2) is 0 Å². The van der Waals surface area contributed by atoms with Crippen LogP contribution in [0.2, 0.25) is 0 Å². The van der Waals surface area contributed by atoms with Gasteiger partial charge < -0.3 is 5.73 Å². The number of Topliss-reactive ketones (excluding diaryl/α,β-unsaturated/α-hetero) is 1. The van der Waals surface area contributed by atoms with Gasteiger partial charge >= 0.3 is 0 Å². The van der Waals surface area contributed by atoms with Crippen molar-refractivity contribution in [2.45, 2.75) is 32.6 Å². The lowest BCUT2D eigenvalue weighted by Gasteiger charge is -2.43. The summed E-state index contributed by atoms with van der Waals surface area (Å²) in [5, 5.41) is 10.1. The average molecular weight is 527 g/mol. The summed E-state index contributed by atoms with van der Waals surface area (Å²) in [5.74, 6) is 0.0157. The summed E-state index contributed by atoms with van der Waals surface area (Å²) in [5.41, 5.74) is 10.2. The number of anilines is 1. The van der Waals surface area contributed by atoms with E-state index in [9.17, 15) is 10.1 Å². The third kappa shape index (κ3) is 3.61. The second kappa shape index (κ2) is 7.72. The summed E-state index contributed by atoms with van der Waals surface area (Å²) in [6, 6.07) is 17.8. The highest BCUT2D eigenvalue weighted by atomic mass is 79.9.